The molecule has 4 rings (SSSR count). The van der Waals surface area contributed by atoms with Crippen molar-refractivity contribution in [3.63, 3.8) is 0 Å². The zero-order valence-corrected chi connectivity index (χ0v) is 21.6. The van der Waals surface area contributed by atoms with Gasteiger partial charge in [-0.05, 0) is 13.8 Å². The summed E-state index contributed by atoms with van der Waals surface area (Å²) in [4.78, 5) is 0. The molecule has 0 radical (unpaired) electrons. The van der Waals surface area contributed by atoms with E-state index in [1.54, 1.807) is 0 Å². The number of rotatable bonds is 4. The van der Waals surface area contributed by atoms with Crippen molar-refractivity contribution in [2.45, 2.75) is 26.9 Å². The molecule has 0 saturated carbocycles. The largest absolute Gasteiger partial charge is 1.00 e. The van der Waals surface area contributed by atoms with Gasteiger partial charge in [-0.3, -0.25) is 0 Å². The van der Waals surface area contributed by atoms with Crippen molar-refractivity contribution in [1.29, 1.82) is 0 Å². The van der Waals surface area contributed by atoms with E-state index in [-0.39, 0.29) is 34.0 Å². The first-order valence-electron chi connectivity index (χ1n) is 10.1. The third kappa shape index (κ3) is 9.20. The summed E-state index contributed by atoms with van der Waals surface area (Å²) in [6.07, 6.45) is 7.98. The molecule has 4 aromatic rings. The van der Waals surface area contributed by atoms with E-state index in [1.165, 1.54) is 22.3 Å². The maximum absolute atomic E-state index is 5.63. The van der Waals surface area contributed by atoms with E-state index >= 15 is 0 Å². The highest BCUT2D eigenvalue weighted by molar-refractivity contribution is 5.33. The van der Waals surface area contributed by atoms with Crippen LogP contribution in [0.3, 0.4) is 0 Å². The number of benzene rings is 2. The molecule has 0 bridgehead atoms. The van der Waals surface area contributed by atoms with Gasteiger partial charge in [0.1, 0.15) is 0 Å². The van der Waals surface area contributed by atoms with Crippen molar-refractivity contribution in [2.75, 3.05) is 11.5 Å². The van der Waals surface area contributed by atoms with Crippen molar-refractivity contribution in [1.82, 2.24) is 0 Å². The average Bonchev–Trinajstić information content (AvgIpc) is 2.75. The lowest BCUT2D eigenvalue weighted by Crippen LogP contribution is -3.00. The molecule has 0 atom stereocenters. The molecule has 0 saturated heterocycles. The minimum atomic E-state index is 0. The Labute approximate surface area is 212 Å². The van der Waals surface area contributed by atoms with E-state index < -0.39 is 0 Å². The summed E-state index contributed by atoms with van der Waals surface area (Å²) >= 11 is 0. The first kappa shape index (κ1) is 27.3. The molecule has 0 spiro atoms. The maximum atomic E-state index is 5.63. The van der Waals surface area contributed by atoms with E-state index in [9.17, 15) is 0 Å². The van der Waals surface area contributed by atoms with Crippen LogP contribution in [-0.2, 0) is 13.1 Å². The summed E-state index contributed by atoms with van der Waals surface area (Å²) in [5.74, 6) is 0. The molecule has 0 aliphatic carbocycles. The maximum Gasteiger partial charge on any atom is 0.173 e. The molecule has 0 amide bonds. The Morgan fingerprint density at radius 3 is 1.06 bits per heavy atom. The molecule has 0 unspecified atom stereocenters. The van der Waals surface area contributed by atoms with Crippen LogP contribution in [-0.4, -0.2) is 0 Å². The lowest BCUT2D eigenvalue weighted by atomic mass is 10.1. The molecule has 2 aromatic heterocycles. The highest BCUT2D eigenvalue weighted by Crippen LogP contribution is 2.04. The van der Waals surface area contributed by atoms with E-state index in [4.69, 9.17) is 11.5 Å². The monoisotopic (exact) mass is 556 g/mol. The second kappa shape index (κ2) is 13.7. The second-order valence-corrected chi connectivity index (χ2v) is 7.58. The zero-order chi connectivity index (χ0) is 21.3. The van der Waals surface area contributed by atoms with Crippen molar-refractivity contribution in [3.05, 3.63) is 120 Å². The summed E-state index contributed by atoms with van der Waals surface area (Å²) in [5, 5.41) is 0. The highest BCUT2D eigenvalue weighted by Gasteiger charge is 2.02. The van der Waals surface area contributed by atoms with E-state index in [0.717, 1.165) is 24.5 Å². The van der Waals surface area contributed by atoms with E-state index in [1.807, 2.05) is 49.1 Å². The fraction of sp³-hybridized carbons (Fsp3) is 0.154. The molecule has 2 aromatic carbocycles. The van der Waals surface area contributed by atoms with Crippen LogP contribution in [0.2, 0.25) is 0 Å². The van der Waals surface area contributed by atoms with Gasteiger partial charge in [0.05, 0.1) is 0 Å². The molecule has 4 N–H and O–H groups in total. The SMILES string of the molecule is Cc1ccc(C[n+]2ccc(N)cc2)cc1.Cc1ccc(C[n+]2ccc(N)cc2)cc1.[Br-].[Br-]. The fourth-order valence-corrected chi connectivity index (χ4v) is 2.96. The van der Waals surface area contributed by atoms with Crippen LogP contribution in [0.4, 0.5) is 11.4 Å². The average molecular weight is 558 g/mol. The van der Waals surface area contributed by atoms with Gasteiger partial charge in [0.15, 0.2) is 37.9 Å². The van der Waals surface area contributed by atoms with Crippen LogP contribution in [0.15, 0.2) is 97.6 Å². The molecular formula is C26H30Br2N4. The van der Waals surface area contributed by atoms with Gasteiger partial charge in [0.25, 0.3) is 0 Å². The summed E-state index contributed by atoms with van der Waals surface area (Å²) in [7, 11) is 0. The number of anilines is 2. The number of aryl methyl sites for hydroxylation is 2. The highest BCUT2D eigenvalue weighted by atomic mass is 79.9. The lowest BCUT2D eigenvalue weighted by Gasteiger charge is -1.98. The number of nitrogen functional groups attached to an aromatic ring is 2. The van der Waals surface area contributed by atoms with Crippen molar-refractivity contribution in [2.24, 2.45) is 0 Å². The molecule has 6 heteroatoms. The lowest BCUT2D eigenvalue weighted by molar-refractivity contribution is -0.688. The first-order chi connectivity index (χ1) is 14.5. The summed E-state index contributed by atoms with van der Waals surface area (Å²) in [6, 6.07) is 24.8. The van der Waals surface area contributed by atoms with Crippen LogP contribution < -0.4 is 54.6 Å². The molecule has 0 aliphatic rings. The van der Waals surface area contributed by atoms with E-state index in [2.05, 4.69) is 71.5 Å². The molecule has 32 heavy (non-hydrogen) atoms. The van der Waals surface area contributed by atoms with Crippen LogP contribution >= 0.6 is 0 Å². The molecule has 4 nitrogen and oxygen atoms in total. The molecule has 168 valence electrons. The predicted octanol–water partition coefficient (Wildman–Crippen LogP) is -2.17. The zero-order valence-electron chi connectivity index (χ0n) is 18.5. The Bertz CT molecular complexity index is 871. The Balaban J connectivity index is 0.000000301. The summed E-state index contributed by atoms with van der Waals surface area (Å²) in [5.41, 5.74) is 18.0. The van der Waals surface area contributed by atoms with Gasteiger partial charge in [-0.25, -0.2) is 9.13 Å². The van der Waals surface area contributed by atoms with Gasteiger partial charge in [-0.2, -0.15) is 0 Å². The van der Waals surface area contributed by atoms with Crippen LogP contribution in [0.1, 0.15) is 22.3 Å². The van der Waals surface area contributed by atoms with Gasteiger partial charge in [0.2, 0.25) is 0 Å². The number of hydrogen-bond donors (Lipinski definition) is 2. The summed E-state index contributed by atoms with van der Waals surface area (Å²) in [6.45, 7) is 5.97. The third-order valence-electron chi connectivity index (χ3n) is 4.81. The number of nitrogens with zero attached hydrogens (tertiary/aromatic N) is 2. The predicted molar refractivity (Wildman–Crippen MR) is 123 cm³/mol. The minimum absolute atomic E-state index is 0. The topological polar surface area (TPSA) is 59.8 Å². The quantitative estimate of drug-likeness (QED) is 0.281. The smallest absolute Gasteiger partial charge is 0.173 e. The third-order valence-corrected chi connectivity index (χ3v) is 4.81. The number of pyridine rings is 2. The number of hydrogen-bond acceptors (Lipinski definition) is 2. The Morgan fingerprint density at radius 2 is 0.781 bits per heavy atom. The Morgan fingerprint density at radius 1 is 0.500 bits per heavy atom. The molecule has 2 heterocycles. The van der Waals surface area contributed by atoms with Gasteiger partial charge in [0, 0.05) is 46.8 Å². The van der Waals surface area contributed by atoms with Gasteiger partial charge >= 0.3 is 0 Å². The van der Waals surface area contributed by atoms with Crippen molar-refractivity contribution < 1.29 is 43.1 Å². The number of nitrogens with two attached hydrogens (primary N) is 2. The van der Waals surface area contributed by atoms with Gasteiger partial charge in [-0.15, -0.1) is 0 Å². The normalized spacial score (nSPS) is 9.56. The first-order valence-corrected chi connectivity index (χ1v) is 10.1. The van der Waals surface area contributed by atoms with Crippen LogP contribution in [0, 0.1) is 13.8 Å². The number of halogens is 2. The minimum Gasteiger partial charge on any atom is -1.00 e. The Hall–Kier alpha value is -2.70. The molecule has 0 fully saturated rings. The standard InChI is InChI=1S/2C13H14N2.2BrH/c2*1-11-2-4-12(5-3-11)10-15-8-6-13(14)7-9-15;;/h2*2-9,14H,10H2,1H3;2*1H. The van der Waals surface area contributed by atoms with Crippen LogP contribution in [0.5, 0.6) is 0 Å². The van der Waals surface area contributed by atoms with E-state index in [0.29, 0.717) is 0 Å². The number of aromatic nitrogens is 2. The van der Waals surface area contributed by atoms with Crippen molar-refractivity contribution >= 4 is 11.4 Å². The van der Waals surface area contributed by atoms with Crippen molar-refractivity contribution in [3.8, 4) is 0 Å². The van der Waals surface area contributed by atoms with Gasteiger partial charge in [-0.1, -0.05) is 59.7 Å². The fourth-order valence-electron chi connectivity index (χ4n) is 2.96. The Kier molecular flexibility index (Phi) is 11.7. The molecule has 0 aliphatic heterocycles. The van der Waals surface area contributed by atoms with Gasteiger partial charge < -0.3 is 45.4 Å². The summed E-state index contributed by atoms with van der Waals surface area (Å²) < 4.78 is 4.22. The second-order valence-electron chi connectivity index (χ2n) is 7.58. The van der Waals surface area contributed by atoms with Crippen LogP contribution in [0.25, 0.3) is 0 Å². The molecular weight excluding hydrogens is 528 g/mol.